The van der Waals surface area contributed by atoms with E-state index in [-0.39, 0.29) is 18.4 Å². The summed E-state index contributed by atoms with van der Waals surface area (Å²) in [6.07, 6.45) is 1.84. The predicted octanol–water partition coefficient (Wildman–Crippen LogP) is 3.79. The summed E-state index contributed by atoms with van der Waals surface area (Å²) in [5, 5.41) is 2.79. The second-order valence-electron chi connectivity index (χ2n) is 5.82. The average molecular weight is 459 g/mol. The lowest BCUT2D eigenvalue weighted by atomic mass is 10.3. The number of aromatic nitrogens is 1. The summed E-state index contributed by atoms with van der Waals surface area (Å²) in [5.74, 6) is -0.448. The van der Waals surface area contributed by atoms with Crippen LogP contribution in [-0.4, -0.2) is 34.9 Å². The third-order valence-corrected chi connectivity index (χ3v) is 4.51. The van der Waals surface area contributed by atoms with Gasteiger partial charge < -0.3 is 14.8 Å². The number of nitrogens with one attached hydrogen (secondary N) is 1. The van der Waals surface area contributed by atoms with Gasteiger partial charge in [0, 0.05) is 28.2 Å². The molecule has 1 N–H and O–H groups in total. The van der Waals surface area contributed by atoms with Gasteiger partial charge >= 0.3 is 0 Å². The highest BCUT2D eigenvalue weighted by Gasteiger charge is 2.18. The minimum atomic E-state index is -0.237. The Morgan fingerprint density at radius 2 is 1.81 bits per heavy atom. The summed E-state index contributed by atoms with van der Waals surface area (Å²) in [5.41, 5.74) is 2.13. The predicted molar refractivity (Wildman–Crippen MR) is 111 cm³/mol. The number of amides is 2. The summed E-state index contributed by atoms with van der Waals surface area (Å²) < 4.78 is 2.92. The maximum absolute atomic E-state index is 12.8. The standard InChI is InChI=1S/C20H18IN3O2/c1-23(14-19(25)22-16-8-3-2-4-9-16)20(26)18-11-6-12-24(18)17-10-5-7-15(21)13-17/h2-13H,14H2,1H3,(H,22,25). The number of hydrogen-bond acceptors (Lipinski definition) is 2. The highest BCUT2D eigenvalue weighted by atomic mass is 127. The van der Waals surface area contributed by atoms with Gasteiger partial charge in [0.2, 0.25) is 5.91 Å². The molecule has 0 aliphatic heterocycles. The molecule has 26 heavy (non-hydrogen) atoms. The van der Waals surface area contributed by atoms with Gasteiger partial charge in [-0.25, -0.2) is 0 Å². The Balaban J connectivity index is 1.71. The summed E-state index contributed by atoms with van der Waals surface area (Å²) in [4.78, 5) is 26.4. The van der Waals surface area contributed by atoms with Crippen molar-refractivity contribution in [2.24, 2.45) is 0 Å². The molecule has 0 spiro atoms. The minimum Gasteiger partial charge on any atom is -0.331 e. The van der Waals surface area contributed by atoms with Crippen molar-refractivity contribution in [3.63, 3.8) is 0 Å². The Labute approximate surface area is 165 Å². The van der Waals surface area contributed by atoms with Crippen LogP contribution in [0.3, 0.4) is 0 Å². The van der Waals surface area contributed by atoms with Gasteiger partial charge in [0.1, 0.15) is 5.69 Å². The molecule has 1 heterocycles. The number of rotatable bonds is 5. The number of hydrogen-bond donors (Lipinski definition) is 1. The SMILES string of the molecule is CN(CC(=O)Nc1ccccc1)C(=O)c1cccn1-c1cccc(I)c1. The lowest BCUT2D eigenvalue weighted by Gasteiger charge is -2.18. The largest absolute Gasteiger partial charge is 0.331 e. The molecule has 0 saturated carbocycles. The van der Waals surface area contributed by atoms with E-state index in [1.54, 1.807) is 13.1 Å². The molecule has 0 bridgehead atoms. The van der Waals surface area contributed by atoms with Crippen LogP contribution in [0.25, 0.3) is 5.69 Å². The van der Waals surface area contributed by atoms with E-state index in [4.69, 9.17) is 0 Å². The van der Waals surface area contributed by atoms with Crippen LogP contribution in [-0.2, 0) is 4.79 Å². The van der Waals surface area contributed by atoms with Crippen molar-refractivity contribution in [3.8, 4) is 5.69 Å². The van der Waals surface area contributed by atoms with Crippen LogP contribution in [0.1, 0.15) is 10.5 Å². The van der Waals surface area contributed by atoms with Crippen molar-refractivity contribution < 1.29 is 9.59 Å². The average Bonchev–Trinajstić information content (AvgIpc) is 3.11. The van der Waals surface area contributed by atoms with Gasteiger partial charge in [0.15, 0.2) is 0 Å². The lowest BCUT2D eigenvalue weighted by molar-refractivity contribution is -0.116. The Morgan fingerprint density at radius 3 is 2.54 bits per heavy atom. The number of benzene rings is 2. The topological polar surface area (TPSA) is 54.3 Å². The molecule has 0 saturated heterocycles. The van der Waals surface area contributed by atoms with Crippen LogP contribution in [0, 0.1) is 3.57 Å². The number of likely N-dealkylation sites (N-methyl/N-ethyl adjacent to an activating group) is 1. The fraction of sp³-hybridized carbons (Fsp3) is 0.100. The van der Waals surface area contributed by atoms with Crippen LogP contribution < -0.4 is 5.32 Å². The molecule has 132 valence electrons. The van der Waals surface area contributed by atoms with Crippen molar-refractivity contribution in [1.29, 1.82) is 0 Å². The summed E-state index contributed by atoms with van der Waals surface area (Å²) in [7, 11) is 1.62. The van der Waals surface area contributed by atoms with Gasteiger partial charge in [0.05, 0.1) is 6.54 Å². The second kappa shape index (κ2) is 8.18. The summed E-state index contributed by atoms with van der Waals surface area (Å²) in [6, 6.07) is 20.7. The van der Waals surface area contributed by atoms with Gasteiger partial charge in [-0.05, 0) is 65.1 Å². The maximum Gasteiger partial charge on any atom is 0.271 e. The van der Waals surface area contributed by atoms with E-state index in [0.717, 1.165) is 9.26 Å². The van der Waals surface area contributed by atoms with E-state index >= 15 is 0 Å². The number of carbonyl (C=O) groups is 2. The second-order valence-corrected chi connectivity index (χ2v) is 7.06. The quantitative estimate of drug-likeness (QED) is 0.591. The first-order valence-corrected chi connectivity index (χ1v) is 9.16. The fourth-order valence-electron chi connectivity index (χ4n) is 2.61. The number of halogens is 1. The van der Waals surface area contributed by atoms with E-state index in [1.165, 1.54) is 4.90 Å². The van der Waals surface area contributed by atoms with E-state index in [0.29, 0.717) is 11.4 Å². The normalized spacial score (nSPS) is 10.4. The number of anilines is 1. The summed E-state index contributed by atoms with van der Waals surface area (Å²) >= 11 is 2.24. The van der Waals surface area contributed by atoms with E-state index in [2.05, 4.69) is 27.9 Å². The highest BCUT2D eigenvalue weighted by Crippen LogP contribution is 2.17. The number of para-hydroxylation sites is 1. The molecule has 1 aromatic heterocycles. The third-order valence-electron chi connectivity index (χ3n) is 3.84. The van der Waals surface area contributed by atoms with Crippen LogP contribution in [0.15, 0.2) is 72.9 Å². The molecule has 0 atom stereocenters. The summed E-state index contributed by atoms with van der Waals surface area (Å²) in [6.45, 7) is -0.0226. The Hall–Kier alpha value is -2.61. The lowest BCUT2D eigenvalue weighted by Crippen LogP contribution is -2.35. The molecular weight excluding hydrogens is 441 g/mol. The van der Waals surface area contributed by atoms with Crippen LogP contribution >= 0.6 is 22.6 Å². The molecule has 5 nitrogen and oxygen atoms in total. The van der Waals surface area contributed by atoms with Gasteiger partial charge in [-0.15, -0.1) is 0 Å². The number of carbonyl (C=O) groups excluding carboxylic acids is 2. The van der Waals surface area contributed by atoms with Gasteiger partial charge in [-0.1, -0.05) is 24.3 Å². The van der Waals surface area contributed by atoms with Gasteiger partial charge in [-0.2, -0.15) is 0 Å². The first kappa shape index (κ1) is 18.2. The van der Waals surface area contributed by atoms with Crippen molar-refractivity contribution in [1.82, 2.24) is 9.47 Å². The van der Waals surface area contributed by atoms with Crippen LogP contribution in [0.5, 0.6) is 0 Å². The zero-order chi connectivity index (χ0) is 18.5. The van der Waals surface area contributed by atoms with Crippen LogP contribution in [0.2, 0.25) is 0 Å². The van der Waals surface area contributed by atoms with Crippen molar-refractivity contribution in [2.75, 3.05) is 18.9 Å². The molecule has 3 aromatic rings. The van der Waals surface area contributed by atoms with Crippen molar-refractivity contribution in [2.45, 2.75) is 0 Å². The monoisotopic (exact) mass is 459 g/mol. The number of nitrogens with zero attached hydrogens (tertiary/aromatic N) is 2. The molecule has 0 unspecified atom stereocenters. The van der Waals surface area contributed by atoms with E-state index in [1.807, 2.05) is 71.4 Å². The molecule has 0 radical (unpaired) electrons. The van der Waals surface area contributed by atoms with Gasteiger partial charge in [-0.3, -0.25) is 9.59 Å². The first-order valence-electron chi connectivity index (χ1n) is 8.08. The van der Waals surface area contributed by atoms with Gasteiger partial charge in [0.25, 0.3) is 5.91 Å². The molecule has 2 aromatic carbocycles. The third kappa shape index (κ3) is 4.32. The minimum absolute atomic E-state index is 0.0226. The molecule has 0 aliphatic rings. The Morgan fingerprint density at radius 1 is 1.04 bits per heavy atom. The zero-order valence-corrected chi connectivity index (χ0v) is 16.4. The molecule has 6 heteroatoms. The highest BCUT2D eigenvalue weighted by molar-refractivity contribution is 14.1. The van der Waals surface area contributed by atoms with E-state index in [9.17, 15) is 9.59 Å². The maximum atomic E-state index is 12.8. The van der Waals surface area contributed by atoms with Crippen molar-refractivity contribution in [3.05, 3.63) is 82.2 Å². The molecule has 2 amide bonds. The smallest absolute Gasteiger partial charge is 0.271 e. The Bertz CT molecular complexity index is 922. The van der Waals surface area contributed by atoms with Crippen LogP contribution in [0.4, 0.5) is 5.69 Å². The Kier molecular flexibility index (Phi) is 5.72. The fourth-order valence-corrected chi connectivity index (χ4v) is 3.14. The molecular formula is C20H18IN3O2. The van der Waals surface area contributed by atoms with E-state index < -0.39 is 0 Å². The molecule has 0 fully saturated rings. The van der Waals surface area contributed by atoms with Crippen molar-refractivity contribution >= 4 is 40.1 Å². The zero-order valence-electron chi connectivity index (χ0n) is 14.2. The molecule has 0 aliphatic carbocycles. The first-order chi connectivity index (χ1) is 12.5. The molecule has 3 rings (SSSR count).